The Kier molecular flexibility index (Phi) is 3.50. The SMILES string of the molecule is CO[C@]1(C)CNC[C@H](C(C)C)NC1=O. The number of hydrogen-bond donors (Lipinski definition) is 2. The van der Waals surface area contributed by atoms with Gasteiger partial charge in [0, 0.05) is 26.2 Å². The number of rotatable bonds is 2. The number of hydrogen-bond acceptors (Lipinski definition) is 3. The zero-order valence-electron chi connectivity index (χ0n) is 9.39. The monoisotopic (exact) mass is 200 g/mol. The van der Waals surface area contributed by atoms with Gasteiger partial charge in [-0.25, -0.2) is 0 Å². The van der Waals surface area contributed by atoms with Crippen molar-refractivity contribution in [2.75, 3.05) is 20.2 Å². The quantitative estimate of drug-likeness (QED) is 0.666. The molecular formula is C10H20N2O2. The summed E-state index contributed by atoms with van der Waals surface area (Å²) in [6.45, 7) is 7.38. The van der Waals surface area contributed by atoms with Crippen LogP contribution in [0.5, 0.6) is 0 Å². The van der Waals surface area contributed by atoms with Gasteiger partial charge in [0.05, 0.1) is 0 Å². The molecule has 1 fully saturated rings. The molecule has 0 saturated carbocycles. The van der Waals surface area contributed by atoms with E-state index in [2.05, 4.69) is 24.5 Å². The first-order valence-corrected chi connectivity index (χ1v) is 5.06. The van der Waals surface area contributed by atoms with E-state index in [1.807, 2.05) is 0 Å². The Morgan fingerprint density at radius 2 is 2.21 bits per heavy atom. The molecule has 0 aromatic heterocycles. The smallest absolute Gasteiger partial charge is 0.253 e. The first kappa shape index (κ1) is 11.5. The van der Waals surface area contributed by atoms with Gasteiger partial charge in [-0.1, -0.05) is 13.8 Å². The number of carbonyl (C=O) groups excluding carboxylic acids is 1. The van der Waals surface area contributed by atoms with E-state index >= 15 is 0 Å². The molecule has 0 aromatic carbocycles. The summed E-state index contributed by atoms with van der Waals surface area (Å²) in [6.07, 6.45) is 0. The number of ether oxygens (including phenoxy) is 1. The number of methoxy groups -OCH3 is 1. The van der Waals surface area contributed by atoms with Crippen LogP contribution in [0.2, 0.25) is 0 Å². The van der Waals surface area contributed by atoms with Gasteiger partial charge >= 0.3 is 0 Å². The van der Waals surface area contributed by atoms with Crippen molar-refractivity contribution in [3.05, 3.63) is 0 Å². The molecule has 4 nitrogen and oxygen atoms in total. The number of carbonyl (C=O) groups is 1. The minimum atomic E-state index is -0.732. The van der Waals surface area contributed by atoms with Crippen LogP contribution in [0.4, 0.5) is 0 Å². The molecule has 0 aromatic rings. The predicted octanol–water partition coefficient (Wildman–Crippen LogP) is 0.136. The van der Waals surface area contributed by atoms with Crippen molar-refractivity contribution in [1.29, 1.82) is 0 Å². The normalized spacial score (nSPS) is 34.1. The summed E-state index contributed by atoms with van der Waals surface area (Å²) in [5.74, 6) is 0.411. The maximum atomic E-state index is 11.8. The molecular weight excluding hydrogens is 180 g/mol. The van der Waals surface area contributed by atoms with Gasteiger partial charge in [0.15, 0.2) is 5.60 Å². The van der Waals surface area contributed by atoms with E-state index in [0.717, 1.165) is 6.54 Å². The molecule has 1 saturated heterocycles. The fourth-order valence-corrected chi connectivity index (χ4v) is 1.49. The molecule has 0 spiro atoms. The lowest BCUT2D eigenvalue weighted by molar-refractivity contribution is -0.140. The van der Waals surface area contributed by atoms with Crippen LogP contribution >= 0.6 is 0 Å². The van der Waals surface area contributed by atoms with Crippen LogP contribution in [0.25, 0.3) is 0 Å². The van der Waals surface area contributed by atoms with E-state index in [4.69, 9.17) is 4.74 Å². The van der Waals surface area contributed by atoms with Crippen LogP contribution in [0, 0.1) is 5.92 Å². The molecule has 4 heteroatoms. The Morgan fingerprint density at radius 3 is 2.71 bits per heavy atom. The van der Waals surface area contributed by atoms with Gasteiger partial charge in [-0.2, -0.15) is 0 Å². The van der Waals surface area contributed by atoms with Crippen LogP contribution in [-0.4, -0.2) is 37.7 Å². The third-order valence-electron chi connectivity index (χ3n) is 2.88. The van der Waals surface area contributed by atoms with E-state index in [9.17, 15) is 4.79 Å². The third kappa shape index (κ3) is 2.25. The molecule has 1 amide bonds. The molecule has 1 heterocycles. The van der Waals surface area contributed by atoms with Gasteiger partial charge < -0.3 is 15.4 Å². The van der Waals surface area contributed by atoms with E-state index in [1.165, 1.54) is 0 Å². The lowest BCUT2D eigenvalue weighted by Crippen LogP contribution is -2.50. The molecule has 0 unspecified atom stereocenters. The van der Waals surface area contributed by atoms with Crippen molar-refractivity contribution in [2.24, 2.45) is 5.92 Å². The molecule has 0 radical (unpaired) electrons. The highest BCUT2D eigenvalue weighted by Gasteiger charge is 2.37. The second-order valence-corrected chi connectivity index (χ2v) is 4.39. The average Bonchev–Trinajstić information content (AvgIpc) is 2.28. The highest BCUT2D eigenvalue weighted by molar-refractivity contribution is 5.85. The summed E-state index contributed by atoms with van der Waals surface area (Å²) >= 11 is 0. The first-order chi connectivity index (χ1) is 6.49. The number of nitrogens with one attached hydrogen (secondary N) is 2. The van der Waals surface area contributed by atoms with E-state index in [0.29, 0.717) is 12.5 Å². The summed E-state index contributed by atoms with van der Waals surface area (Å²) in [5, 5.41) is 6.24. The first-order valence-electron chi connectivity index (χ1n) is 5.06. The minimum absolute atomic E-state index is 0.0244. The zero-order valence-corrected chi connectivity index (χ0v) is 9.39. The summed E-state index contributed by atoms with van der Waals surface area (Å²) in [6, 6.07) is 0.194. The van der Waals surface area contributed by atoms with Crippen molar-refractivity contribution in [3.63, 3.8) is 0 Å². The zero-order chi connectivity index (χ0) is 10.8. The molecule has 2 atom stereocenters. The maximum absolute atomic E-state index is 11.8. The van der Waals surface area contributed by atoms with Gasteiger partial charge in [0.25, 0.3) is 5.91 Å². The Morgan fingerprint density at radius 1 is 1.57 bits per heavy atom. The van der Waals surface area contributed by atoms with Gasteiger partial charge in [-0.05, 0) is 12.8 Å². The largest absolute Gasteiger partial charge is 0.367 e. The highest BCUT2D eigenvalue weighted by Crippen LogP contribution is 2.13. The van der Waals surface area contributed by atoms with Crippen LogP contribution in [-0.2, 0) is 9.53 Å². The molecule has 1 aliphatic rings. The average molecular weight is 200 g/mol. The van der Waals surface area contributed by atoms with Crippen LogP contribution < -0.4 is 10.6 Å². The summed E-state index contributed by atoms with van der Waals surface area (Å²) < 4.78 is 5.22. The predicted molar refractivity (Wildman–Crippen MR) is 55.1 cm³/mol. The Hall–Kier alpha value is -0.610. The third-order valence-corrected chi connectivity index (χ3v) is 2.88. The fourth-order valence-electron chi connectivity index (χ4n) is 1.49. The fraction of sp³-hybridized carbons (Fsp3) is 0.900. The maximum Gasteiger partial charge on any atom is 0.253 e. The molecule has 0 aliphatic carbocycles. The molecule has 2 N–H and O–H groups in total. The second-order valence-electron chi connectivity index (χ2n) is 4.39. The summed E-state index contributed by atoms with van der Waals surface area (Å²) in [5.41, 5.74) is -0.732. The molecule has 1 rings (SSSR count). The molecule has 1 aliphatic heterocycles. The summed E-state index contributed by atoms with van der Waals surface area (Å²) in [7, 11) is 1.57. The van der Waals surface area contributed by atoms with Crippen molar-refractivity contribution in [3.8, 4) is 0 Å². The van der Waals surface area contributed by atoms with Gasteiger partial charge in [-0.3, -0.25) is 4.79 Å². The molecule has 0 bridgehead atoms. The van der Waals surface area contributed by atoms with E-state index in [1.54, 1.807) is 14.0 Å². The second kappa shape index (κ2) is 4.28. The van der Waals surface area contributed by atoms with Crippen molar-refractivity contribution in [2.45, 2.75) is 32.4 Å². The van der Waals surface area contributed by atoms with Crippen molar-refractivity contribution < 1.29 is 9.53 Å². The van der Waals surface area contributed by atoms with Crippen LogP contribution in [0.1, 0.15) is 20.8 Å². The topological polar surface area (TPSA) is 50.4 Å². The van der Waals surface area contributed by atoms with Crippen LogP contribution in [0.3, 0.4) is 0 Å². The summed E-state index contributed by atoms with van der Waals surface area (Å²) in [4.78, 5) is 11.8. The molecule has 82 valence electrons. The van der Waals surface area contributed by atoms with Crippen molar-refractivity contribution in [1.82, 2.24) is 10.6 Å². The van der Waals surface area contributed by atoms with Gasteiger partial charge in [0.2, 0.25) is 0 Å². The molecule has 14 heavy (non-hydrogen) atoms. The Balaban J connectivity index is 2.71. The van der Waals surface area contributed by atoms with Gasteiger partial charge in [-0.15, -0.1) is 0 Å². The van der Waals surface area contributed by atoms with E-state index < -0.39 is 5.60 Å². The van der Waals surface area contributed by atoms with Crippen LogP contribution in [0.15, 0.2) is 0 Å². The standard InChI is InChI=1S/C10H20N2O2/c1-7(2)8-5-11-6-10(3,14-4)9(13)12-8/h7-8,11H,5-6H2,1-4H3,(H,12,13)/t8-,10-/m1/s1. The van der Waals surface area contributed by atoms with Gasteiger partial charge in [0.1, 0.15) is 0 Å². The highest BCUT2D eigenvalue weighted by atomic mass is 16.5. The van der Waals surface area contributed by atoms with Crippen molar-refractivity contribution >= 4 is 5.91 Å². The van der Waals surface area contributed by atoms with E-state index in [-0.39, 0.29) is 11.9 Å². The lowest BCUT2D eigenvalue weighted by atomic mass is 10.0. The Labute approximate surface area is 85.4 Å². The lowest BCUT2D eigenvalue weighted by Gasteiger charge is -2.25. The number of amides is 1. The minimum Gasteiger partial charge on any atom is -0.367 e. The Bertz CT molecular complexity index is 218.